The Balaban J connectivity index is 1.14. The van der Waals surface area contributed by atoms with Crippen LogP contribution in [0.3, 0.4) is 0 Å². The molecule has 3 nitrogen and oxygen atoms in total. The molecule has 1 heterocycles. The Hall–Kier alpha value is -6.29. The molecule has 3 heteroatoms. The van der Waals surface area contributed by atoms with Gasteiger partial charge in [0.1, 0.15) is 0 Å². The summed E-state index contributed by atoms with van der Waals surface area (Å²) in [6, 6.07) is 51.7. The van der Waals surface area contributed by atoms with Gasteiger partial charge < -0.3 is 10.3 Å². The molecule has 0 radical (unpaired) electrons. The largest absolute Gasteiger partial charge is 0.320 e. The standard InChI is InChI=1S/C52H41N3/c1-32-29-42-37-28-27-34(51(54)41-22-6-5-21-40(41)50(53)33-15-3-2-4-16-33)30-45(37)52(43-23-11-7-17-35(43)36-18-8-12-24-44(36)52)46(42)31-49(32)55-47-25-13-9-19-38(47)39-20-10-14-26-48(39)55/h2-7,9-17,19-28,30-32,51,53H,8,18,29,54H2,1H3/t32?,51-,52?/m1/s1. The van der Waals surface area contributed by atoms with E-state index in [0.717, 1.165) is 41.5 Å². The van der Waals surface area contributed by atoms with E-state index in [2.05, 4.69) is 127 Å². The molecule has 55 heavy (non-hydrogen) atoms. The first kappa shape index (κ1) is 32.2. The number of nitrogens with two attached hydrogens (primary N) is 1. The lowest BCUT2D eigenvalue weighted by molar-refractivity contribution is 0.713. The number of para-hydroxylation sites is 2. The van der Waals surface area contributed by atoms with Gasteiger partial charge in [-0.25, -0.2) is 0 Å². The fourth-order valence-electron chi connectivity index (χ4n) is 10.5. The van der Waals surface area contributed by atoms with E-state index in [4.69, 9.17) is 5.73 Å². The predicted molar refractivity (Wildman–Crippen MR) is 228 cm³/mol. The van der Waals surface area contributed by atoms with Crippen LogP contribution in [0.5, 0.6) is 0 Å². The molecular formula is C52H41N3. The lowest BCUT2D eigenvalue weighted by atomic mass is 9.66. The van der Waals surface area contributed by atoms with Crippen LogP contribution in [0.1, 0.15) is 76.7 Å². The van der Waals surface area contributed by atoms with Crippen molar-refractivity contribution in [3.8, 4) is 0 Å². The summed E-state index contributed by atoms with van der Waals surface area (Å²) in [4.78, 5) is 0. The zero-order valence-electron chi connectivity index (χ0n) is 30.9. The molecule has 0 aliphatic heterocycles. The van der Waals surface area contributed by atoms with Crippen LogP contribution in [0.4, 0.5) is 0 Å². The molecule has 4 aliphatic carbocycles. The number of benzene rings is 6. The first-order chi connectivity index (χ1) is 27.1. The van der Waals surface area contributed by atoms with Gasteiger partial charge in [-0.15, -0.1) is 0 Å². The summed E-state index contributed by atoms with van der Waals surface area (Å²) >= 11 is 0. The van der Waals surface area contributed by atoms with E-state index in [1.54, 1.807) is 0 Å². The van der Waals surface area contributed by atoms with Gasteiger partial charge in [-0.3, -0.25) is 5.41 Å². The van der Waals surface area contributed by atoms with E-state index in [1.165, 1.54) is 72.0 Å². The van der Waals surface area contributed by atoms with Gasteiger partial charge in [0.15, 0.2) is 0 Å². The number of fused-ring (bicyclic) bond motifs is 11. The van der Waals surface area contributed by atoms with Crippen molar-refractivity contribution in [2.24, 2.45) is 11.7 Å². The molecule has 3 N–H and O–H groups in total. The van der Waals surface area contributed by atoms with Crippen molar-refractivity contribution in [3.63, 3.8) is 0 Å². The van der Waals surface area contributed by atoms with Crippen LogP contribution in [0.2, 0.25) is 0 Å². The number of nitrogens with zero attached hydrogens (tertiary/aromatic N) is 1. The minimum absolute atomic E-state index is 0.297. The lowest BCUT2D eigenvalue weighted by Crippen LogP contribution is -2.29. The van der Waals surface area contributed by atoms with Crippen molar-refractivity contribution >= 4 is 44.4 Å². The fraction of sp³-hybridized carbons (Fsp3) is 0.135. The number of hydrogen-bond donors (Lipinski definition) is 2. The van der Waals surface area contributed by atoms with Gasteiger partial charge in [-0.2, -0.15) is 0 Å². The maximum Gasteiger partial charge on any atom is 0.0719 e. The van der Waals surface area contributed by atoms with E-state index in [1.807, 2.05) is 48.5 Å². The molecule has 0 bridgehead atoms. The second kappa shape index (κ2) is 12.1. The monoisotopic (exact) mass is 707 g/mol. The van der Waals surface area contributed by atoms with Crippen LogP contribution in [0.25, 0.3) is 38.6 Å². The fourth-order valence-corrected chi connectivity index (χ4v) is 10.5. The highest BCUT2D eigenvalue weighted by Crippen LogP contribution is 2.65. The molecule has 4 aliphatic rings. The summed E-state index contributed by atoms with van der Waals surface area (Å²) < 4.78 is 2.54. The van der Waals surface area contributed by atoms with Gasteiger partial charge in [0.2, 0.25) is 0 Å². The van der Waals surface area contributed by atoms with Gasteiger partial charge in [0.05, 0.1) is 28.2 Å². The second-order valence-corrected chi connectivity index (χ2v) is 15.7. The smallest absolute Gasteiger partial charge is 0.0719 e. The van der Waals surface area contributed by atoms with Crippen LogP contribution in [-0.2, 0) is 5.41 Å². The van der Waals surface area contributed by atoms with Crippen molar-refractivity contribution < 1.29 is 0 Å². The molecule has 11 rings (SSSR count). The van der Waals surface area contributed by atoms with Gasteiger partial charge in [-0.05, 0) is 93.1 Å². The molecule has 7 aromatic rings. The van der Waals surface area contributed by atoms with Crippen molar-refractivity contribution in [2.45, 2.75) is 37.6 Å². The van der Waals surface area contributed by atoms with Crippen molar-refractivity contribution in [1.82, 2.24) is 4.57 Å². The van der Waals surface area contributed by atoms with E-state index in [-0.39, 0.29) is 0 Å². The molecule has 264 valence electrons. The Morgan fingerprint density at radius 1 is 0.709 bits per heavy atom. The number of allylic oxidation sites excluding steroid dienone is 8. The highest BCUT2D eigenvalue weighted by Gasteiger charge is 2.54. The number of hydrogen-bond acceptors (Lipinski definition) is 2. The first-order valence-electron chi connectivity index (χ1n) is 19.6. The van der Waals surface area contributed by atoms with Crippen LogP contribution in [0, 0.1) is 11.3 Å². The van der Waals surface area contributed by atoms with E-state index < -0.39 is 11.5 Å². The summed E-state index contributed by atoms with van der Waals surface area (Å²) in [5, 5.41) is 11.8. The lowest BCUT2D eigenvalue weighted by Gasteiger charge is -2.36. The van der Waals surface area contributed by atoms with Crippen molar-refractivity contribution in [3.05, 3.63) is 219 Å². The SMILES string of the molecule is CC1CC2=C(C=C1n1c3ccccc3c3ccccc31)C1(C3=C(CCC=C3)c3ccccc31)c1cc([C@@H](N)c3ccccc3C(=N)c3ccccc3)ccc12. The molecule has 2 unspecified atom stereocenters. The highest BCUT2D eigenvalue weighted by molar-refractivity contribution is 6.12. The van der Waals surface area contributed by atoms with E-state index in [0.29, 0.717) is 11.6 Å². The van der Waals surface area contributed by atoms with Gasteiger partial charge in [0, 0.05) is 33.5 Å². The summed E-state index contributed by atoms with van der Waals surface area (Å²) in [5.41, 5.74) is 26.2. The van der Waals surface area contributed by atoms with Crippen LogP contribution in [0.15, 0.2) is 175 Å². The van der Waals surface area contributed by atoms with E-state index >= 15 is 0 Å². The quantitative estimate of drug-likeness (QED) is 0.172. The van der Waals surface area contributed by atoms with Gasteiger partial charge >= 0.3 is 0 Å². The minimum Gasteiger partial charge on any atom is -0.320 e. The summed E-state index contributed by atoms with van der Waals surface area (Å²) in [7, 11) is 0. The molecule has 1 spiro atoms. The topological polar surface area (TPSA) is 54.8 Å². The molecule has 0 saturated carbocycles. The van der Waals surface area contributed by atoms with Crippen LogP contribution >= 0.6 is 0 Å². The molecular weight excluding hydrogens is 667 g/mol. The second-order valence-electron chi connectivity index (χ2n) is 15.7. The number of aromatic nitrogens is 1. The Morgan fingerprint density at radius 2 is 1.38 bits per heavy atom. The molecule has 1 aromatic heterocycles. The predicted octanol–water partition coefficient (Wildman–Crippen LogP) is 12.0. The summed E-state index contributed by atoms with van der Waals surface area (Å²) in [6.07, 6.45) is 10.4. The molecule has 6 aromatic carbocycles. The maximum absolute atomic E-state index is 9.23. The van der Waals surface area contributed by atoms with Crippen molar-refractivity contribution in [1.29, 1.82) is 5.41 Å². The zero-order valence-corrected chi connectivity index (χ0v) is 30.9. The van der Waals surface area contributed by atoms with Crippen LogP contribution < -0.4 is 5.73 Å². The first-order valence-corrected chi connectivity index (χ1v) is 19.6. The normalized spacial score (nSPS) is 20.1. The van der Waals surface area contributed by atoms with Gasteiger partial charge in [0.25, 0.3) is 0 Å². The minimum atomic E-state index is -0.455. The Kier molecular flexibility index (Phi) is 7.08. The van der Waals surface area contributed by atoms with Crippen LogP contribution in [-0.4, -0.2) is 10.3 Å². The Bertz CT molecular complexity index is 2840. The van der Waals surface area contributed by atoms with Crippen molar-refractivity contribution in [2.75, 3.05) is 0 Å². The average molecular weight is 708 g/mol. The molecule has 0 fully saturated rings. The third kappa shape index (κ3) is 4.45. The average Bonchev–Trinajstić information content (AvgIpc) is 3.84. The Morgan fingerprint density at radius 3 is 2.18 bits per heavy atom. The molecule has 0 saturated heterocycles. The number of nitrogens with one attached hydrogen (secondary N) is 1. The van der Waals surface area contributed by atoms with E-state index in [9.17, 15) is 5.41 Å². The third-order valence-corrected chi connectivity index (χ3v) is 12.9. The van der Waals surface area contributed by atoms with Gasteiger partial charge in [-0.1, -0.05) is 153 Å². The molecule has 0 amide bonds. The highest BCUT2D eigenvalue weighted by atomic mass is 15.0. The number of rotatable bonds is 5. The zero-order chi connectivity index (χ0) is 36.8. The molecule has 3 atom stereocenters. The maximum atomic E-state index is 9.23. The third-order valence-electron chi connectivity index (χ3n) is 12.9. The Labute approximate surface area is 322 Å². The summed E-state index contributed by atoms with van der Waals surface area (Å²) in [6.45, 7) is 2.40. The summed E-state index contributed by atoms with van der Waals surface area (Å²) in [5.74, 6) is 0.297.